The first-order valence-corrected chi connectivity index (χ1v) is 15.5. The average Bonchev–Trinajstić information content (AvgIpc) is 3.59. The first kappa shape index (κ1) is 32.4. The Labute approximate surface area is 282 Å². The van der Waals surface area contributed by atoms with Gasteiger partial charge >= 0.3 is 18.5 Å². The van der Waals surface area contributed by atoms with Crippen molar-refractivity contribution < 1.29 is 39.5 Å². The van der Waals surface area contributed by atoms with Gasteiger partial charge in [0.1, 0.15) is 5.82 Å². The van der Waals surface area contributed by atoms with Gasteiger partial charge in [-0.05, 0) is 84.8 Å². The van der Waals surface area contributed by atoms with Crippen molar-refractivity contribution in [2.45, 2.75) is 25.5 Å². The van der Waals surface area contributed by atoms with Crippen LogP contribution >= 0.6 is 0 Å². The van der Waals surface area contributed by atoms with Crippen LogP contribution in [0.25, 0.3) is 66.2 Å². The molecule has 0 radical (unpaired) electrons. The number of fused-ring (bicyclic) bond motifs is 6. The zero-order valence-electron chi connectivity index (χ0n) is 26.2. The molecule has 0 atom stereocenters. The maximum atomic E-state index is 14.2. The molecule has 3 heterocycles. The van der Waals surface area contributed by atoms with E-state index in [9.17, 15) is 39.5 Å². The third-order valence-corrected chi connectivity index (χ3v) is 9.05. The van der Waals surface area contributed by atoms with Gasteiger partial charge in [-0.1, -0.05) is 42.5 Å². The fourth-order valence-corrected chi connectivity index (χ4v) is 6.88. The van der Waals surface area contributed by atoms with Crippen LogP contribution in [0.4, 0.5) is 39.5 Å². The quantitative estimate of drug-likeness (QED) is 0.168. The van der Waals surface area contributed by atoms with Crippen LogP contribution in [0, 0.1) is 6.92 Å². The molecule has 12 heteroatoms. The number of benzene rings is 5. The highest BCUT2D eigenvalue weighted by Crippen LogP contribution is 2.42. The molecular weight excluding hydrogens is 681 g/mol. The van der Waals surface area contributed by atoms with E-state index in [1.165, 1.54) is 25.3 Å². The molecule has 0 aliphatic heterocycles. The molecule has 0 saturated heterocycles. The van der Waals surface area contributed by atoms with E-state index < -0.39 is 35.2 Å². The monoisotopic (exact) mass is 703 g/mol. The van der Waals surface area contributed by atoms with Gasteiger partial charge in [0.25, 0.3) is 0 Å². The number of aromatic nitrogens is 3. The zero-order valence-corrected chi connectivity index (χ0v) is 26.2. The number of halogens is 9. The number of alkyl halides is 9. The van der Waals surface area contributed by atoms with Crippen molar-refractivity contribution in [3.05, 3.63) is 138 Å². The Balaban J connectivity index is 1.47. The summed E-state index contributed by atoms with van der Waals surface area (Å²) in [5, 5.41) is 1.56. The normalized spacial score (nSPS) is 12.9. The van der Waals surface area contributed by atoms with Crippen molar-refractivity contribution >= 4 is 43.6 Å². The Hall–Kier alpha value is -5.78. The summed E-state index contributed by atoms with van der Waals surface area (Å²) in [6, 6.07) is 25.3. The van der Waals surface area contributed by atoms with Crippen LogP contribution in [0.2, 0.25) is 0 Å². The number of nitrogens with zero attached hydrogens (tertiary/aromatic N) is 3. The number of aryl methyl sites for hydroxylation is 1. The van der Waals surface area contributed by atoms with E-state index in [-0.39, 0.29) is 28.0 Å². The molecule has 3 aromatic heterocycles. The second-order valence-electron chi connectivity index (χ2n) is 12.3. The smallest absolute Gasteiger partial charge is 0.307 e. The molecule has 0 fully saturated rings. The summed E-state index contributed by atoms with van der Waals surface area (Å²) in [6.07, 6.45) is -12.5. The molecule has 0 bridgehead atoms. The molecule has 51 heavy (non-hydrogen) atoms. The highest BCUT2D eigenvalue weighted by atomic mass is 19.4. The summed E-state index contributed by atoms with van der Waals surface area (Å²) >= 11 is 0. The molecule has 3 nitrogen and oxygen atoms in total. The molecule has 5 aromatic carbocycles. The summed E-state index contributed by atoms with van der Waals surface area (Å²) in [5.41, 5.74) is 0.122. The Bertz CT molecular complexity index is 2680. The molecule has 8 rings (SSSR count). The van der Waals surface area contributed by atoms with Crippen molar-refractivity contribution in [2.75, 3.05) is 0 Å². The summed E-state index contributed by atoms with van der Waals surface area (Å²) in [5.74, 6) is 0.204. The van der Waals surface area contributed by atoms with Crippen molar-refractivity contribution in [1.82, 2.24) is 14.1 Å². The predicted molar refractivity (Wildman–Crippen MR) is 178 cm³/mol. The average molecular weight is 704 g/mol. The first-order chi connectivity index (χ1) is 24.1. The second-order valence-corrected chi connectivity index (χ2v) is 12.3. The molecule has 8 aromatic rings. The van der Waals surface area contributed by atoms with Crippen LogP contribution in [0.5, 0.6) is 0 Å². The summed E-state index contributed by atoms with van der Waals surface area (Å²) in [6.45, 7) is 1.52. The SMILES string of the molecule is Cc1cc(-c2cc(-n3c4ccccc4c4cc(C(F)(F)F)ccc43)ncc2-n2c3ccccc3c3cc(C(F)(F)F)ccc32)cc(C(F)(F)F)c1. The van der Waals surface area contributed by atoms with Crippen molar-refractivity contribution in [3.8, 4) is 22.6 Å². The summed E-state index contributed by atoms with van der Waals surface area (Å²) < 4.78 is 129. The van der Waals surface area contributed by atoms with Gasteiger partial charge in [-0.2, -0.15) is 39.5 Å². The van der Waals surface area contributed by atoms with Gasteiger partial charge in [0.15, 0.2) is 0 Å². The van der Waals surface area contributed by atoms with Gasteiger partial charge in [0.2, 0.25) is 0 Å². The largest absolute Gasteiger partial charge is 0.416 e. The van der Waals surface area contributed by atoms with E-state index >= 15 is 0 Å². The lowest BCUT2D eigenvalue weighted by Crippen LogP contribution is -2.07. The van der Waals surface area contributed by atoms with Crippen LogP contribution in [-0.4, -0.2) is 14.1 Å². The minimum absolute atomic E-state index is 0.152. The van der Waals surface area contributed by atoms with Gasteiger partial charge in [-0.25, -0.2) is 4.98 Å². The van der Waals surface area contributed by atoms with Gasteiger partial charge < -0.3 is 4.57 Å². The van der Waals surface area contributed by atoms with Crippen LogP contribution < -0.4 is 0 Å². The van der Waals surface area contributed by atoms with E-state index in [1.54, 1.807) is 69.8 Å². The fourth-order valence-electron chi connectivity index (χ4n) is 6.88. The lowest BCUT2D eigenvalue weighted by atomic mass is 9.99. The van der Waals surface area contributed by atoms with Crippen LogP contribution in [-0.2, 0) is 18.5 Å². The molecule has 0 spiro atoms. The maximum Gasteiger partial charge on any atom is 0.416 e. The van der Waals surface area contributed by atoms with E-state index in [4.69, 9.17) is 4.98 Å². The topological polar surface area (TPSA) is 22.8 Å². The second kappa shape index (κ2) is 11.1. The molecule has 0 unspecified atom stereocenters. The lowest BCUT2D eigenvalue weighted by molar-refractivity contribution is -0.138. The molecule has 0 saturated carbocycles. The molecule has 0 aliphatic carbocycles. The Morgan fingerprint density at radius 2 is 0.961 bits per heavy atom. The predicted octanol–water partition coefficient (Wildman–Crippen LogP) is 12.3. The van der Waals surface area contributed by atoms with Crippen molar-refractivity contribution in [2.24, 2.45) is 0 Å². The highest BCUT2D eigenvalue weighted by Gasteiger charge is 2.34. The van der Waals surface area contributed by atoms with Gasteiger partial charge in [-0.15, -0.1) is 0 Å². The molecule has 256 valence electrons. The van der Waals surface area contributed by atoms with Gasteiger partial charge in [-0.3, -0.25) is 4.57 Å². The number of para-hydroxylation sites is 2. The number of pyridine rings is 1. The fraction of sp³-hybridized carbons (Fsp3) is 0.103. The van der Waals surface area contributed by atoms with Crippen LogP contribution in [0.1, 0.15) is 22.3 Å². The van der Waals surface area contributed by atoms with Gasteiger partial charge in [0, 0.05) is 27.1 Å². The van der Waals surface area contributed by atoms with Crippen molar-refractivity contribution in [3.63, 3.8) is 0 Å². The lowest BCUT2D eigenvalue weighted by Gasteiger charge is -2.18. The molecule has 0 N–H and O–H groups in total. The number of rotatable bonds is 3. The minimum Gasteiger partial charge on any atom is -0.307 e. The number of hydrogen-bond acceptors (Lipinski definition) is 1. The molecular formula is C39H22F9N3. The Kier molecular flexibility index (Phi) is 7.06. The highest BCUT2D eigenvalue weighted by molar-refractivity contribution is 6.11. The van der Waals surface area contributed by atoms with E-state index in [0.717, 1.165) is 36.4 Å². The van der Waals surface area contributed by atoms with E-state index in [1.807, 2.05) is 0 Å². The van der Waals surface area contributed by atoms with E-state index in [0.29, 0.717) is 43.8 Å². The first-order valence-electron chi connectivity index (χ1n) is 15.5. The molecule has 0 aliphatic rings. The Morgan fingerprint density at radius 3 is 1.51 bits per heavy atom. The van der Waals surface area contributed by atoms with Crippen molar-refractivity contribution in [1.29, 1.82) is 0 Å². The van der Waals surface area contributed by atoms with Crippen LogP contribution in [0.3, 0.4) is 0 Å². The third-order valence-electron chi connectivity index (χ3n) is 9.05. The summed E-state index contributed by atoms with van der Waals surface area (Å²) in [4.78, 5) is 4.72. The molecule has 0 amide bonds. The summed E-state index contributed by atoms with van der Waals surface area (Å²) in [7, 11) is 0. The Morgan fingerprint density at radius 1 is 0.471 bits per heavy atom. The standard InChI is InChI=1S/C39H22F9N3/c1-21-14-22(16-25(15-21)39(46,47)48)28-19-36(51-32-9-5-3-7-27(32)30-18-24(38(43,44)45)11-13-34(30)51)49-20-35(28)50-31-8-4-2-6-26(31)29-17-23(37(40,41)42)10-12-33(29)50/h2-20H,1H3. The zero-order chi connectivity index (χ0) is 36.0. The van der Waals surface area contributed by atoms with Gasteiger partial charge in [0.05, 0.1) is 50.6 Å². The number of hydrogen-bond donors (Lipinski definition) is 0. The maximum absolute atomic E-state index is 14.2. The van der Waals surface area contributed by atoms with Crippen LogP contribution in [0.15, 0.2) is 115 Å². The minimum atomic E-state index is -4.69. The van der Waals surface area contributed by atoms with E-state index in [2.05, 4.69) is 0 Å². The third kappa shape index (κ3) is 5.36.